The Morgan fingerprint density at radius 2 is 1.90 bits per heavy atom. The molecule has 2 aromatic carbocycles. The molecule has 0 spiro atoms. The highest BCUT2D eigenvalue weighted by molar-refractivity contribution is 9.10. The molecule has 1 aliphatic rings. The molecule has 4 heteroatoms. The molecule has 1 aliphatic heterocycles. The van der Waals surface area contributed by atoms with Crippen molar-refractivity contribution in [2.75, 3.05) is 6.61 Å². The summed E-state index contributed by atoms with van der Waals surface area (Å²) in [6.45, 7) is 5.07. The number of benzene rings is 2. The molecule has 0 amide bonds. The largest absolute Gasteiger partial charge is 0.492 e. The van der Waals surface area contributed by atoms with Crippen molar-refractivity contribution in [3.63, 3.8) is 0 Å². The maximum Gasteiger partial charge on any atom is 0.123 e. The fourth-order valence-corrected chi connectivity index (χ4v) is 3.76. The second-order valence-electron chi connectivity index (χ2n) is 5.99. The van der Waals surface area contributed by atoms with Crippen molar-refractivity contribution in [1.29, 1.82) is 0 Å². The molecule has 3 rings (SSSR count). The van der Waals surface area contributed by atoms with Crippen LogP contribution in [0.3, 0.4) is 0 Å². The number of ether oxygens (including phenoxy) is 1. The second-order valence-corrected chi connectivity index (χ2v) is 7.78. The van der Waals surface area contributed by atoms with Crippen LogP contribution in [0.1, 0.15) is 35.9 Å². The Kier molecular flexibility index (Phi) is 3.98. The van der Waals surface area contributed by atoms with Crippen molar-refractivity contribution < 1.29 is 4.74 Å². The van der Waals surface area contributed by atoms with Crippen LogP contribution in [0.5, 0.6) is 5.75 Å². The van der Waals surface area contributed by atoms with Gasteiger partial charge in [-0.15, -0.1) is 11.6 Å². The molecule has 1 heterocycles. The van der Waals surface area contributed by atoms with Gasteiger partial charge in [0, 0.05) is 20.5 Å². The number of hydrogen-bond acceptors (Lipinski definition) is 1. The van der Waals surface area contributed by atoms with E-state index in [1.807, 2.05) is 30.3 Å². The van der Waals surface area contributed by atoms with E-state index in [1.54, 1.807) is 0 Å². The Balaban J connectivity index is 2.01. The summed E-state index contributed by atoms with van der Waals surface area (Å²) in [5.74, 6) is 0.958. The van der Waals surface area contributed by atoms with Crippen LogP contribution >= 0.6 is 39.1 Å². The van der Waals surface area contributed by atoms with Crippen LogP contribution in [-0.2, 0) is 5.41 Å². The van der Waals surface area contributed by atoms with Crippen LogP contribution < -0.4 is 4.74 Å². The van der Waals surface area contributed by atoms with E-state index in [2.05, 4.69) is 35.8 Å². The average molecular weight is 386 g/mol. The van der Waals surface area contributed by atoms with Gasteiger partial charge < -0.3 is 4.74 Å². The van der Waals surface area contributed by atoms with E-state index >= 15 is 0 Å². The van der Waals surface area contributed by atoms with Gasteiger partial charge in [-0.3, -0.25) is 0 Å². The SMILES string of the molecule is CC1(C)COc2ccc(C(Cl)c3cc(Cl)cc(Br)c3)cc21. The molecule has 1 nitrogen and oxygen atoms in total. The summed E-state index contributed by atoms with van der Waals surface area (Å²) in [5.41, 5.74) is 3.28. The van der Waals surface area contributed by atoms with Gasteiger partial charge in [-0.2, -0.15) is 0 Å². The first-order valence-electron chi connectivity index (χ1n) is 6.74. The molecule has 2 aromatic rings. The van der Waals surface area contributed by atoms with E-state index in [9.17, 15) is 0 Å². The van der Waals surface area contributed by atoms with E-state index in [1.165, 1.54) is 5.56 Å². The Morgan fingerprint density at radius 1 is 1.14 bits per heavy atom. The topological polar surface area (TPSA) is 9.23 Å². The third-order valence-corrected chi connectivity index (χ3v) is 4.97. The predicted octanol–water partition coefficient (Wildman–Crippen LogP) is 6.10. The lowest BCUT2D eigenvalue weighted by atomic mass is 9.85. The standard InChI is InChI=1S/C17H15BrCl2O/c1-17(2)9-21-15-4-3-10(7-14(15)17)16(20)11-5-12(18)8-13(19)6-11/h3-8,16H,9H2,1-2H3. The van der Waals surface area contributed by atoms with Gasteiger partial charge in [-0.05, 0) is 41.5 Å². The summed E-state index contributed by atoms with van der Waals surface area (Å²) in [7, 11) is 0. The van der Waals surface area contributed by atoms with Crippen LogP contribution in [0.15, 0.2) is 40.9 Å². The third kappa shape index (κ3) is 2.94. The molecule has 1 atom stereocenters. The van der Waals surface area contributed by atoms with Crippen molar-refractivity contribution in [3.05, 3.63) is 62.6 Å². The zero-order valence-electron chi connectivity index (χ0n) is 11.8. The van der Waals surface area contributed by atoms with E-state index in [4.69, 9.17) is 27.9 Å². The molecule has 0 saturated carbocycles. The first-order chi connectivity index (χ1) is 9.87. The van der Waals surface area contributed by atoms with E-state index in [0.29, 0.717) is 11.6 Å². The fourth-order valence-electron chi connectivity index (χ4n) is 2.61. The van der Waals surface area contributed by atoms with Crippen molar-refractivity contribution in [1.82, 2.24) is 0 Å². The van der Waals surface area contributed by atoms with Gasteiger partial charge in [0.15, 0.2) is 0 Å². The van der Waals surface area contributed by atoms with Gasteiger partial charge in [-0.25, -0.2) is 0 Å². The van der Waals surface area contributed by atoms with Crippen molar-refractivity contribution in [2.45, 2.75) is 24.6 Å². The molecular weight excluding hydrogens is 371 g/mol. The van der Waals surface area contributed by atoms with E-state index in [-0.39, 0.29) is 10.8 Å². The van der Waals surface area contributed by atoms with Crippen LogP contribution in [0.25, 0.3) is 0 Å². The summed E-state index contributed by atoms with van der Waals surface area (Å²) in [4.78, 5) is 0. The quantitative estimate of drug-likeness (QED) is 0.567. The summed E-state index contributed by atoms with van der Waals surface area (Å²) in [6.07, 6.45) is 0. The summed E-state index contributed by atoms with van der Waals surface area (Å²) in [6, 6.07) is 11.9. The summed E-state index contributed by atoms with van der Waals surface area (Å²) < 4.78 is 6.65. The molecule has 0 aliphatic carbocycles. The normalized spacial score (nSPS) is 17.2. The molecule has 0 N–H and O–H groups in total. The highest BCUT2D eigenvalue weighted by Gasteiger charge is 2.32. The third-order valence-electron chi connectivity index (χ3n) is 3.79. The smallest absolute Gasteiger partial charge is 0.123 e. The molecule has 1 unspecified atom stereocenters. The zero-order valence-corrected chi connectivity index (χ0v) is 14.9. The van der Waals surface area contributed by atoms with E-state index in [0.717, 1.165) is 21.3 Å². The van der Waals surface area contributed by atoms with Gasteiger partial charge in [0.05, 0.1) is 12.0 Å². The van der Waals surface area contributed by atoms with Gasteiger partial charge in [-0.1, -0.05) is 47.4 Å². The van der Waals surface area contributed by atoms with Crippen LogP contribution in [-0.4, -0.2) is 6.61 Å². The first kappa shape index (κ1) is 15.2. The van der Waals surface area contributed by atoms with Gasteiger partial charge in [0.25, 0.3) is 0 Å². The number of fused-ring (bicyclic) bond motifs is 1. The molecule has 110 valence electrons. The second kappa shape index (κ2) is 5.49. The Bertz CT molecular complexity index is 677. The molecular formula is C17H15BrCl2O. The maximum atomic E-state index is 6.65. The minimum atomic E-state index is -0.235. The highest BCUT2D eigenvalue weighted by atomic mass is 79.9. The van der Waals surface area contributed by atoms with Crippen molar-refractivity contribution in [2.24, 2.45) is 0 Å². The molecule has 0 aromatic heterocycles. The Hall–Kier alpha value is -0.700. The van der Waals surface area contributed by atoms with Crippen LogP contribution in [0.4, 0.5) is 0 Å². The number of alkyl halides is 1. The minimum absolute atomic E-state index is 0.0247. The zero-order chi connectivity index (χ0) is 15.2. The predicted molar refractivity (Wildman–Crippen MR) is 91.8 cm³/mol. The monoisotopic (exact) mass is 384 g/mol. The molecule has 0 bridgehead atoms. The van der Waals surface area contributed by atoms with E-state index < -0.39 is 0 Å². The van der Waals surface area contributed by atoms with Crippen LogP contribution in [0.2, 0.25) is 5.02 Å². The summed E-state index contributed by atoms with van der Waals surface area (Å²) in [5, 5.41) is 0.441. The lowest BCUT2D eigenvalue weighted by molar-refractivity contribution is 0.291. The van der Waals surface area contributed by atoms with Gasteiger partial charge >= 0.3 is 0 Å². The maximum absolute atomic E-state index is 6.65. The Morgan fingerprint density at radius 3 is 2.62 bits per heavy atom. The number of hydrogen-bond donors (Lipinski definition) is 0. The van der Waals surface area contributed by atoms with Gasteiger partial charge in [0.2, 0.25) is 0 Å². The number of halogens is 3. The average Bonchev–Trinajstić information content (AvgIpc) is 2.72. The number of rotatable bonds is 2. The highest BCUT2D eigenvalue weighted by Crippen LogP contribution is 2.41. The molecule has 0 radical (unpaired) electrons. The van der Waals surface area contributed by atoms with Crippen molar-refractivity contribution in [3.8, 4) is 5.75 Å². The first-order valence-corrected chi connectivity index (χ1v) is 8.35. The Labute approximate surface area is 143 Å². The minimum Gasteiger partial charge on any atom is -0.492 e. The van der Waals surface area contributed by atoms with Crippen molar-refractivity contribution >= 4 is 39.1 Å². The summed E-state index contributed by atoms with van der Waals surface area (Å²) >= 11 is 16.2. The molecule has 0 saturated heterocycles. The lowest BCUT2D eigenvalue weighted by Gasteiger charge is -2.18. The fraction of sp³-hybridized carbons (Fsp3) is 0.294. The lowest BCUT2D eigenvalue weighted by Crippen LogP contribution is -2.18. The molecule has 21 heavy (non-hydrogen) atoms. The molecule has 0 fully saturated rings. The van der Waals surface area contributed by atoms with Gasteiger partial charge in [0.1, 0.15) is 5.75 Å². The van der Waals surface area contributed by atoms with Crippen LogP contribution in [0, 0.1) is 0 Å².